The number of benzene rings is 1. The molecule has 4 heteroatoms. The van der Waals surface area contributed by atoms with Gasteiger partial charge < -0.3 is 9.72 Å². The second-order valence-electron chi connectivity index (χ2n) is 4.11. The largest absolute Gasteiger partial charge is 0.490 e. The number of aromatic amines is 1. The number of aromatic nitrogens is 2. The van der Waals surface area contributed by atoms with Gasteiger partial charge in [0.15, 0.2) is 0 Å². The molecular formula is C13H12N2O2. The molecule has 3 rings (SSSR count). The monoisotopic (exact) mass is 228 g/mol. The van der Waals surface area contributed by atoms with E-state index in [1.54, 1.807) is 6.20 Å². The highest BCUT2D eigenvalue weighted by Gasteiger charge is 2.23. The van der Waals surface area contributed by atoms with Gasteiger partial charge in [-0.15, -0.1) is 0 Å². The van der Waals surface area contributed by atoms with Gasteiger partial charge in [-0.3, -0.25) is 4.79 Å². The van der Waals surface area contributed by atoms with Crippen LogP contribution in [0.4, 0.5) is 0 Å². The van der Waals surface area contributed by atoms with E-state index in [4.69, 9.17) is 4.74 Å². The van der Waals surface area contributed by atoms with Crippen molar-refractivity contribution >= 4 is 0 Å². The van der Waals surface area contributed by atoms with Gasteiger partial charge in [-0.25, -0.2) is 4.98 Å². The van der Waals surface area contributed by atoms with Gasteiger partial charge in [0, 0.05) is 18.0 Å². The Hall–Kier alpha value is -2.10. The number of ether oxygens (including phenoxy) is 1. The molecule has 1 aromatic heterocycles. The van der Waals surface area contributed by atoms with Crippen molar-refractivity contribution in [1.82, 2.24) is 9.97 Å². The Morgan fingerprint density at radius 1 is 1.35 bits per heavy atom. The molecule has 17 heavy (non-hydrogen) atoms. The van der Waals surface area contributed by atoms with Crippen molar-refractivity contribution in [1.29, 1.82) is 0 Å². The van der Waals surface area contributed by atoms with E-state index in [0.29, 0.717) is 11.8 Å². The van der Waals surface area contributed by atoms with Crippen LogP contribution in [-0.2, 0) is 0 Å². The van der Waals surface area contributed by atoms with Crippen LogP contribution in [0.1, 0.15) is 12.8 Å². The molecule has 2 aromatic rings. The van der Waals surface area contributed by atoms with Crippen LogP contribution in [0, 0.1) is 0 Å². The smallest absolute Gasteiger partial charge is 0.274 e. The van der Waals surface area contributed by atoms with Crippen molar-refractivity contribution in [2.75, 3.05) is 0 Å². The fraction of sp³-hybridized carbons (Fsp3) is 0.231. The van der Waals surface area contributed by atoms with Gasteiger partial charge in [0.2, 0.25) is 0 Å². The summed E-state index contributed by atoms with van der Waals surface area (Å²) in [6.45, 7) is 0. The van der Waals surface area contributed by atoms with Gasteiger partial charge in [-0.1, -0.05) is 12.1 Å². The van der Waals surface area contributed by atoms with Crippen LogP contribution in [0.3, 0.4) is 0 Å². The second kappa shape index (κ2) is 4.05. The number of H-pyrrole nitrogens is 1. The molecule has 0 aliphatic heterocycles. The molecule has 0 atom stereocenters. The van der Waals surface area contributed by atoms with Crippen molar-refractivity contribution in [3.05, 3.63) is 47.0 Å². The highest BCUT2D eigenvalue weighted by atomic mass is 16.5. The second-order valence-corrected chi connectivity index (χ2v) is 4.11. The summed E-state index contributed by atoms with van der Waals surface area (Å²) < 4.78 is 5.69. The topological polar surface area (TPSA) is 55.0 Å². The maximum atomic E-state index is 11.6. The molecule has 0 unspecified atom stereocenters. The number of nitrogens with zero attached hydrogens (tertiary/aromatic N) is 1. The minimum Gasteiger partial charge on any atom is -0.490 e. The van der Waals surface area contributed by atoms with E-state index >= 15 is 0 Å². The molecule has 0 amide bonds. The average molecular weight is 228 g/mol. The summed E-state index contributed by atoms with van der Waals surface area (Å²) in [5.41, 5.74) is 1.02. The molecule has 4 nitrogen and oxygen atoms in total. The maximum absolute atomic E-state index is 11.6. The van der Waals surface area contributed by atoms with Gasteiger partial charge in [0.05, 0.1) is 6.10 Å². The Balaban J connectivity index is 1.97. The Kier molecular flexibility index (Phi) is 2.40. The van der Waals surface area contributed by atoms with Crippen LogP contribution in [0.5, 0.6) is 5.75 Å². The highest BCUT2D eigenvalue weighted by Crippen LogP contribution is 2.28. The molecule has 1 aromatic carbocycles. The van der Waals surface area contributed by atoms with Crippen LogP contribution < -0.4 is 10.3 Å². The molecule has 0 bridgehead atoms. The third-order valence-corrected chi connectivity index (χ3v) is 2.64. The molecule has 0 spiro atoms. The molecule has 1 N–H and O–H groups in total. The van der Waals surface area contributed by atoms with E-state index < -0.39 is 0 Å². The van der Waals surface area contributed by atoms with Gasteiger partial charge in [-0.2, -0.15) is 0 Å². The van der Waals surface area contributed by atoms with E-state index in [1.165, 1.54) is 6.20 Å². The van der Waals surface area contributed by atoms with Crippen molar-refractivity contribution < 1.29 is 4.74 Å². The van der Waals surface area contributed by atoms with E-state index in [-0.39, 0.29) is 5.56 Å². The Morgan fingerprint density at radius 3 is 3.00 bits per heavy atom. The van der Waals surface area contributed by atoms with Crippen LogP contribution in [0.15, 0.2) is 41.5 Å². The molecule has 1 fully saturated rings. The predicted octanol–water partition coefficient (Wildman–Crippen LogP) is 1.98. The normalized spacial score (nSPS) is 14.6. The Morgan fingerprint density at radius 2 is 2.24 bits per heavy atom. The number of hydrogen-bond donors (Lipinski definition) is 1. The van der Waals surface area contributed by atoms with Gasteiger partial charge >= 0.3 is 0 Å². The summed E-state index contributed by atoms with van der Waals surface area (Å²) in [6, 6.07) is 7.49. The summed E-state index contributed by atoms with van der Waals surface area (Å²) in [6.07, 6.45) is 5.69. The fourth-order valence-electron chi connectivity index (χ4n) is 1.65. The van der Waals surface area contributed by atoms with E-state index in [1.807, 2.05) is 24.3 Å². The molecule has 1 saturated carbocycles. The third-order valence-electron chi connectivity index (χ3n) is 2.64. The molecule has 1 heterocycles. The molecular weight excluding hydrogens is 216 g/mol. The Bertz CT molecular complexity index is 588. The number of rotatable bonds is 3. The number of hydrogen-bond acceptors (Lipinski definition) is 3. The SMILES string of the molecule is O=c1[nH]ccnc1-c1cccc(OC2CC2)c1. The quantitative estimate of drug-likeness (QED) is 0.873. The van der Waals surface area contributed by atoms with Gasteiger partial charge in [0.1, 0.15) is 11.4 Å². The first-order chi connectivity index (χ1) is 8.33. The summed E-state index contributed by atoms with van der Waals surface area (Å²) in [5, 5.41) is 0. The van der Waals surface area contributed by atoms with E-state index in [0.717, 1.165) is 24.2 Å². The summed E-state index contributed by atoms with van der Waals surface area (Å²) in [5.74, 6) is 0.801. The van der Waals surface area contributed by atoms with Crippen LogP contribution in [0.25, 0.3) is 11.3 Å². The fourth-order valence-corrected chi connectivity index (χ4v) is 1.65. The molecule has 0 radical (unpaired) electrons. The molecule has 86 valence electrons. The van der Waals surface area contributed by atoms with Crippen molar-refractivity contribution in [3.8, 4) is 17.0 Å². The third kappa shape index (κ3) is 2.20. The average Bonchev–Trinajstić information content (AvgIpc) is 3.14. The van der Waals surface area contributed by atoms with Crippen LogP contribution in [0.2, 0.25) is 0 Å². The minimum absolute atomic E-state index is 0.184. The predicted molar refractivity (Wildman–Crippen MR) is 63.9 cm³/mol. The van der Waals surface area contributed by atoms with E-state index in [9.17, 15) is 4.79 Å². The first-order valence-electron chi connectivity index (χ1n) is 5.64. The zero-order valence-corrected chi connectivity index (χ0v) is 9.22. The highest BCUT2D eigenvalue weighted by molar-refractivity contribution is 5.59. The zero-order valence-electron chi connectivity index (χ0n) is 9.22. The molecule has 1 aliphatic carbocycles. The molecule has 1 aliphatic rings. The lowest BCUT2D eigenvalue weighted by atomic mass is 10.1. The lowest BCUT2D eigenvalue weighted by Gasteiger charge is -2.05. The summed E-state index contributed by atoms with van der Waals surface area (Å²) in [7, 11) is 0. The van der Waals surface area contributed by atoms with Crippen molar-refractivity contribution in [2.24, 2.45) is 0 Å². The lowest BCUT2D eigenvalue weighted by molar-refractivity contribution is 0.303. The maximum Gasteiger partial charge on any atom is 0.274 e. The first kappa shape index (κ1) is 10.1. The standard InChI is InChI=1S/C13H12N2O2/c16-13-12(14-6-7-15-13)9-2-1-3-11(8-9)17-10-4-5-10/h1-3,6-8,10H,4-5H2,(H,15,16). The molecule has 0 saturated heterocycles. The van der Waals surface area contributed by atoms with Crippen molar-refractivity contribution in [2.45, 2.75) is 18.9 Å². The summed E-state index contributed by atoms with van der Waals surface area (Å²) >= 11 is 0. The number of nitrogens with one attached hydrogen (secondary N) is 1. The van der Waals surface area contributed by atoms with Gasteiger partial charge in [0.25, 0.3) is 5.56 Å². The summed E-state index contributed by atoms with van der Waals surface area (Å²) in [4.78, 5) is 18.3. The van der Waals surface area contributed by atoms with Crippen LogP contribution >= 0.6 is 0 Å². The van der Waals surface area contributed by atoms with E-state index in [2.05, 4.69) is 9.97 Å². The Labute approximate surface area is 98.3 Å². The van der Waals surface area contributed by atoms with Crippen LogP contribution in [-0.4, -0.2) is 16.1 Å². The zero-order chi connectivity index (χ0) is 11.7. The minimum atomic E-state index is -0.184. The van der Waals surface area contributed by atoms with Crippen molar-refractivity contribution in [3.63, 3.8) is 0 Å². The first-order valence-corrected chi connectivity index (χ1v) is 5.64. The van der Waals surface area contributed by atoms with Gasteiger partial charge in [-0.05, 0) is 25.0 Å². The lowest BCUT2D eigenvalue weighted by Crippen LogP contribution is -2.09.